The minimum absolute atomic E-state index is 0.00490. The predicted octanol–water partition coefficient (Wildman–Crippen LogP) is -4.74. The van der Waals surface area contributed by atoms with Crippen LogP contribution in [-0.2, 0) is 101 Å². The highest BCUT2D eigenvalue weighted by molar-refractivity contribution is 7.80. The van der Waals surface area contributed by atoms with E-state index in [2.05, 4.69) is 104 Å². The fraction of sp³-hybridized carbons (Fsp3) is 0.480. The minimum atomic E-state index is -1.73. The van der Waals surface area contributed by atoms with Crippen LogP contribution in [0, 0.1) is 11.8 Å². The Morgan fingerprint density at radius 2 is 0.923 bits per heavy atom. The summed E-state index contributed by atoms with van der Waals surface area (Å²) >= 11 is 8.43. The fourth-order valence-corrected chi connectivity index (χ4v) is 13.0. The number of thiol groups is 2. The number of aliphatic hydroxyl groups excluding tert-OH is 2. The van der Waals surface area contributed by atoms with Crippen LogP contribution in [0.5, 0.6) is 5.75 Å². The number of aromatic hydroxyl groups is 1. The Morgan fingerprint density at radius 3 is 1.44 bits per heavy atom. The Balaban J connectivity index is 1.07. The topological polar surface area (TPSA) is 629 Å². The summed E-state index contributed by atoms with van der Waals surface area (Å²) < 4.78 is 0. The van der Waals surface area contributed by atoms with Gasteiger partial charge in [-0.25, -0.2) is 4.79 Å². The molecular formula is C75H101N17O23S2. The number of carboxylic acid groups (broad SMARTS) is 3. The lowest BCUT2D eigenvalue weighted by molar-refractivity contribution is -0.143. The molecule has 6 rings (SSSR count). The summed E-state index contributed by atoms with van der Waals surface area (Å²) in [5.74, 6) is -19.8. The first kappa shape index (κ1) is 94.0. The molecule has 1 saturated heterocycles. The number of carboxylic acids is 3. The molecule has 0 radical (unpaired) electrons. The highest BCUT2D eigenvalue weighted by Crippen LogP contribution is 2.25. The number of aromatic amines is 2. The van der Waals surface area contributed by atoms with E-state index >= 15 is 0 Å². The van der Waals surface area contributed by atoms with Gasteiger partial charge in [0.05, 0.1) is 32.8 Å². The maximum absolute atomic E-state index is 14.6. The van der Waals surface area contributed by atoms with Gasteiger partial charge in [0.15, 0.2) is 0 Å². The standard InChI is InChI=1S/C75H101N17O23S2/c1-37(2)24-53(75(114)115)87-69(108)54(34-94)88-68(107)51(26-40-28-77-46-12-7-5-10-43(40)46)85-70(109)56(36-117)90-67(106)49(20-22-62(101)102)83-73(112)63(38(3)4)91-60(98)31-79-58(96)30-80-65(104)50(25-39-15-17-42(95)18-16-39)84-66(105)48(19-21-61(99)100)82-59(97)32-81-72(111)57-14-9-23-92(57)74(113)52(27-41-29-78-47-13-8-6-11-44(41)47)86-71(110)55(35-116)89-64(103)45(76)33-93/h5-8,10-13,15-18,28-29,37-38,45,48-57,63,77-78,93-95,116-117H,9,14,19-27,30-36,76H2,1-4H3,(H,79,96)(H,80,104)(H,81,111)(H,82,97)(H,83,112)(H,84,105)(H,85,109)(H,86,110)(H,87,108)(H,88,107)(H,89,103)(H,90,106)(H,91,98)(H,99,100)(H,101,102)(H,114,115)/t45-,48-,49-,50-,51-,52-,53-,54-,55-,56-,57-,63-/m0/s1. The van der Waals surface area contributed by atoms with Crippen molar-refractivity contribution in [1.29, 1.82) is 0 Å². The van der Waals surface area contributed by atoms with E-state index in [0.29, 0.717) is 44.9 Å². The number of carbonyl (C=O) groups is 17. The number of hydrogen-bond acceptors (Lipinski definition) is 23. The second-order valence-corrected chi connectivity index (χ2v) is 29.2. The predicted molar refractivity (Wildman–Crippen MR) is 424 cm³/mol. The number of benzene rings is 3. The number of carbonyl (C=O) groups excluding carboxylic acids is 14. The van der Waals surface area contributed by atoms with Crippen LogP contribution in [0.3, 0.4) is 0 Å². The average Bonchev–Trinajstić information content (AvgIpc) is 1.69. The van der Waals surface area contributed by atoms with Crippen molar-refractivity contribution in [2.75, 3.05) is 50.9 Å². The van der Waals surface area contributed by atoms with Crippen molar-refractivity contribution in [1.82, 2.24) is 84.0 Å². The first-order valence-corrected chi connectivity index (χ1v) is 38.7. The van der Waals surface area contributed by atoms with Crippen LogP contribution in [0.4, 0.5) is 0 Å². The normalized spacial score (nSPS) is 15.3. The van der Waals surface area contributed by atoms with Crippen LogP contribution < -0.4 is 74.9 Å². The number of hydrogen-bond donors (Lipinski definition) is 24. The second kappa shape index (κ2) is 46.0. The number of likely N-dealkylation sites (tertiary alicyclic amines) is 1. The molecule has 2 aromatic heterocycles. The van der Waals surface area contributed by atoms with Crippen molar-refractivity contribution in [3.05, 3.63) is 102 Å². The number of para-hydroxylation sites is 2. The van der Waals surface area contributed by atoms with E-state index in [9.17, 15) is 112 Å². The van der Waals surface area contributed by atoms with Gasteiger partial charge >= 0.3 is 17.9 Å². The lowest BCUT2D eigenvalue weighted by Crippen LogP contribution is -2.61. The molecule has 1 aliphatic rings. The van der Waals surface area contributed by atoms with E-state index in [1.807, 2.05) is 0 Å². The Bertz CT molecular complexity index is 4390. The number of nitrogens with zero attached hydrogens (tertiary/aromatic N) is 1. The van der Waals surface area contributed by atoms with Crippen molar-refractivity contribution in [2.45, 2.75) is 164 Å². The van der Waals surface area contributed by atoms with Crippen molar-refractivity contribution < 1.29 is 112 Å². The third-order valence-corrected chi connectivity index (χ3v) is 19.5. The smallest absolute Gasteiger partial charge is 0.326 e. The summed E-state index contributed by atoms with van der Waals surface area (Å²) in [7, 11) is 0. The van der Waals surface area contributed by atoms with E-state index in [0.717, 1.165) is 0 Å². The summed E-state index contributed by atoms with van der Waals surface area (Å²) in [5, 5.41) is 91.3. The minimum Gasteiger partial charge on any atom is -0.508 e. The maximum Gasteiger partial charge on any atom is 0.326 e. The highest BCUT2D eigenvalue weighted by Gasteiger charge is 2.41. The molecule has 1 aliphatic heterocycles. The molecule has 0 spiro atoms. The van der Waals surface area contributed by atoms with Gasteiger partial charge in [0.25, 0.3) is 0 Å². The molecule has 14 amide bonds. The van der Waals surface area contributed by atoms with E-state index in [1.165, 1.54) is 43.0 Å². The van der Waals surface area contributed by atoms with Gasteiger partial charge in [-0.15, -0.1) is 0 Å². The Labute approximate surface area is 681 Å². The fourth-order valence-electron chi connectivity index (χ4n) is 12.5. The number of nitrogens with one attached hydrogen (secondary N) is 15. The van der Waals surface area contributed by atoms with Gasteiger partial charge in [-0.1, -0.05) is 76.2 Å². The molecule has 3 heterocycles. The van der Waals surface area contributed by atoms with E-state index in [4.69, 9.17) is 5.73 Å². The van der Waals surface area contributed by atoms with Crippen LogP contribution in [0.25, 0.3) is 21.8 Å². The molecular weight excluding hydrogens is 1570 g/mol. The number of fused-ring (bicyclic) bond motifs is 2. The molecule has 3 aromatic carbocycles. The van der Waals surface area contributed by atoms with Crippen LogP contribution >= 0.6 is 25.3 Å². The summed E-state index contributed by atoms with van der Waals surface area (Å²) in [6, 6.07) is 1.26. The second-order valence-electron chi connectivity index (χ2n) is 28.5. The number of rotatable bonds is 47. The number of phenolic OH excluding ortho intramolecular Hbond substituents is 1. The van der Waals surface area contributed by atoms with Gasteiger partial charge < -0.3 is 120 Å². The lowest BCUT2D eigenvalue weighted by atomic mass is 10.0. The number of phenols is 1. The highest BCUT2D eigenvalue weighted by atomic mass is 32.1. The molecule has 12 atom stereocenters. The van der Waals surface area contributed by atoms with Gasteiger partial charge in [0, 0.05) is 84.4 Å². The van der Waals surface area contributed by atoms with Gasteiger partial charge in [0.2, 0.25) is 82.7 Å². The SMILES string of the molecule is CC(C)C[C@H](NC(=O)[C@H](CO)NC(=O)[C@H](Cc1c[nH]c2ccccc12)NC(=O)[C@H](CS)NC(=O)[C@H](CCC(=O)O)NC(=O)[C@@H](NC(=O)CNC(=O)CNC(=O)[C@H](Cc1ccc(O)cc1)NC(=O)[C@H](CCC(=O)O)NC(=O)CNC(=O)[C@@H]1CCCN1C(=O)[C@H](Cc1c[nH]c2ccccc12)NC(=O)[C@H](CS)NC(=O)[C@@H](N)CO)C(C)C)C(=O)O. The summed E-state index contributed by atoms with van der Waals surface area (Å²) in [6.45, 7) is 2.15. The van der Waals surface area contributed by atoms with Crippen LogP contribution in [0.2, 0.25) is 0 Å². The van der Waals surface area contributed by atoms with Crippen LogP contribution in [-0.4, -0.2) is 270 Å². The number of H-pyrrole nitrogens is 2. The number of aliphatic carboxylic acids is 3. The summed E-state index contributed by atoms with van der Waals surface area (Å²) in [4.78, 5) is 236. The Morgan fingerprint density at radius 1 is 0.479 bits per heavy atom. The molecule has 40 nitrogen and oxygen atoms in total. The van der Waals surface area contributed by atoms with Crippen molar-refractivity contribution >= 4 is 148 Å². The van der Waals surface area contributed by atoms with E-state index in [1.54, 1.807) is 74.8 Å². The van der Waals surface area contributed by atoms with E-state index < -0.39 is 243 Å². The summed E-state index contributed by atoms with van der Waals surface area (Å²) in [5.41, 5.74) is 8.43. The molecule has 0 unspecified atom stereocenters. The molecule has 636 valence electrons. The summed E-state index contributed by atoms with van der Waals surface area (Å²) in [6.07, 6.45) is 0.293. The van der Waals surface area contributed by atoms with Crippen molar-refractivity contribution in [2.24, 2.45) is 17.6 Å². The zero-order valence-electron chi connectivity index (χ0n) is 64.4. The van der Waals surface area contributed by atoms with Gasteiger partial charge in [-0.3, -0.25) is 76.7 Å². The molecule has 5 aromatic rings. The quantitative estimate of drug-likeness (QED) is 0.0163. The van der Waals surface area contributed by atoms with Crippen LogP contribution in [0.1, 0.15) is 89.3 Å². The Hall–Kier alpha value is -11.9. The zero-order chi connectivity index (χ0) is 86.3. The Kier molecular flexibility index (Phi) is 36.9. The number of aliphatic hydroxyl groups is 2. The molecule has 0 aliphatic carbocycles. The third kappa shape index (κ3) is 29.1. The van der Waals surface area contributed by atoms with Gasteiger partial charge in [-0.05, 0) is 84.9 Å². The largest absolute Gasteiger partial charge is 0.508 e. The third-order valence-electron chi connectivity index (χ3n) is 18.7. The molecule has 0 bridgehead atoms. The van der Waals surface area contributed by atoms with Crippen molar-refractivity contribution in [3.8, 4) is 5.75 Å². The molecule has 1 fully saturated rings. The number of nitrogens with two attached hydrogens (primary N) is 1. The first-order valence-electron chi connectivity index (χ1n) is 37.4. The average molecular weight is 1670 g/mol. The first-order chi connectivity index (χ1) is 55.5. The van der Waals surface area contributed by atoms with Crippen molar-refractivity contribution in [3.63, 3.8) is 0 Å². The zero-order valence-corrected chi connectivity index (χ0v) is 66.2. The molecule has 117 heavy (non-hydrogen) atoms. The lowest BCUT2D eigenvalue weighted by Gasteiger charge is -2.30. The monoisotopic (exact) mass is 1670 g/mol. The van der Waals surface area contributed by atoms with Crippen LogP contribution in [0.15, 0.2) is 85.2 Å². The maximum atomic E-state index is 14.6. The van der Waals surface area contributed by atoms with Gasteiger partial charge in [-0.2, -0.15) is 25.3 Å². The van der Waals surface area contributed by atoms with Gasteiger partial charge in [0.1, 0.15) is 78.3 Å². The number of aromatic nitrogens is 2. The molecule has 0 saturated carbocycles. The van der Waals surface area contributed by atoms with E-state index in [-0.39, 0.29) is 56.1 Å². The molecule has 42 heteroatoms. The molecule has 23 N–H and O–H groups in total. The number of amides is 14.